The molecule has 3 heteroatoms. The Bertz CT molecular complexity index is 1370. The molecule has 0 saturated carbocycles. The van der Waals surface area contributed by atoms with Crippen molar-refractivity contribution in [3.63, 3.8) is 0 Å². The van der Waals surface area contributed by atoms with Crippen molar-refractivity contribution in [1.29, 1.82) is 0 Å². The minimum Gasteiger partial charge on any atom is -0.497 e. The Morgan fingerprint density at radius 2 is 0.906 bits per heavy atom. The number of benzene rings is 4. The van der Waals surface area contributed by atoms with Crippen molar-refractivity contribution >= 4 is 10.8 Å². The van der Waals surface area contributed by atoms with Gasteiger partial charge in [-0.15, -0.1) is 0 Å². The first-order chi connectivity index (χ1) is 15.7. The normalized spacial score (nSPS) is 9.84. The Labute approximate surface area is 188 Å². The first-order valence-electron chi connectivity index (χ1n) is 10.1. The largest absolute Gasteiger partial charge is 0.497 e. The number of methoxy groups -OCH3 is 3. The highest BCUT2D eigenvalue weighted by atomic mass is 16.5. The molecule has 0 aliphatic rings. The lowest BCUT2D eigenvalue weighted by molar-refractivity contribution is 0.394. The fourth-order valence-corrected chi connectivity index (χ4v) is 3.27. The zero-order chi connectivity index (χ0) is 22.3. The second-order valence-corrected chi connectivity index (χ2v) is 7.11. The first kappa shape index (κ1) is 20.9. The molecule has 0 bridgehead atoms. The molecular weight excluding hydrogens is 396 g/mol. The van der Waals surface area contributed by atoms with E-state index in [0.717, 1.165) is 50.3 Å². The Kier molecular flexibility index (Phi) is 6.30. The molecule has 32 heavy (non-hydrogen) atoms. The van der Waals surface area contributed by atoms with Crippen LogP contribution < -0.4 is 14.2 Å². The molecule has 156 valence electrons. The second kappa shape index (κ2) is 9.65. The summed E-state index contributed by atoms with van der Waals surface area (Å²) in [6, 6.07) is 25.7. The molecule has 0 heterocycles. The van der Waals surface area contributed by atoms with Gasteiger partial charge in [0.15, 0.2) is 0 Å². The van der Waals surface area contributed by atoms with Gasteiger partial charge in [-0.3, -0.25) is 0 Å². The summed E-state index contributed by atoms with van der Waals surface area (Å²) in [7, 11) is 4.91. The van der Waals surface area contributed by atoms with Crippen LogP contribution in [0, 0.1) is 23.7 Å². The molecule has 0 aliphatic heterocycles. The Morgan fingerprint density at radius 1 is 0.438 bits per heavy atom. The zero-order valence-corrected chi connectivity index (χ0v) is 18.2. The molecule has 0 N–H and O–H groups in total. The fourth-order valence-electron chi connectivity index (χ4n) is 3.27. The van der Waals surface area contributed by atoms with Gasteiger partial charge in [-0.2, -0.15) is 0 Å². The SMILES string of the molecule is COc1cccc(C#Cc2ccc3cc(C#Cc4cc(OC)cc(OC)c4)ccc3c2)c1. The maximum absolute atomic E-state index is 5.31. The van der Waals surface area contributed by atoms with Crippen molar-refractivity contribution in [3.8, 4) is 40.9 Å². The standard InChI is InChI=1S/C29H22O3/c1-30-27-6-4-5-21(17-27)7-8-22-11-13-26-16-23(12-14-25(26)15-22)9-10-24-18-28(31-2)20-29(19-24)32-3/h4-6,11-20H,1-3H3. The molecule has 4 aromatic rings. The quantitative estimate of drug-likeness (QED) is 0.402. The third-order valence-electron chi connectivity index (χ3n) is 4.96. The first-order valence-corrected chi connectivity index (χ1v) is 10.1. The van der Waals surface area contributed by atoms with Gasteiger partial charge < -0.3 is 14.2 Å². The van der Waals surface area contributed by atoms with Gasteiger partial charge in [0.1, 0.15) is 17.2 Å². The van der Waals surface area contributed by atoms with Crippen LogP contribution in [0.3, 0.4) is 0 Å². The van der Waals surface area contributed by atoms with E-state index >= 15 is 0 Å². The summed E-state index contributed by atoms with van der Waals surface area (Å²) in [4.78, 5) is 0. The summed E-state index contributed by atoms with van der Waals surface area (Å²) in [5, 5.41) is 2.24. The molecule has 0 atom stereocenters. The smallest absolute Gasteiger partial charge is 0.123 e. The van der Waals surface area contributed by atoms with Gasteiger partial charge in [0, 0.05) is 28.3 Å². The van der Waals surface area contributed by atoms with Crippen LogP contribution in [-0.2, 0) is 0 Å². The van der Waals surface area contributed by atoms with E-state index in [1.165, 1.54) is 0 Å². The summed E-state index contributed by atoms with van der Waals surface area (Å²) in [6.45, 7) is 0. The van der Waals surface area contributed by atoms with Crippen molar-refractivity contribution in [2.75, 3.05) is 21.3 Å². The minimum absolute atomic E-state index is 0.717. The molecule has 0 radical (unpaired) electrons. The van der Waals surface area contributed by atoms with Crippen LogP contribution in [0.5, 0.6) is 17.2 Å². The predicted molar refractivity (Wildman–Crippen MR) is 128 cm³/mol. The fraction of sp³-hybridized carbons (Fsp3) is 0.103. The maximum atomic E-state index is 5.31. The number of rotatable bonds is 3. The van der Waals surface area contributed by atoms with Crippen LogP contribution in [0.4, 0.5) is 0 Å². The molecule has 0 saturated heterocycles. The van der Waals surface area contributed by atoms with Crippen LogP contribution >= 0.6 is 0 Å². The molecule has 4 aromatic carbocycles. The number of fused-ring (bicyclic) bond motifs is 1. The average molecular weight is 418 g/mol. The summed E-state index contributed by atoms with van der Waals surface area (Å²) >= 11 is 0. The van der Waals surface area contributed by atoms with Crippen molar-refractivity contribution in [3.05, 3.63) is 101 Å². The summed E-state index contributed by atoms with van der Waals surface area (Å²) < 4.78 is 15.9. The molecule has 0 amide bonds. The molecule has 0 aliphatic carbocycles. The van der Waals surface area contributed by atoms with Gasteiger partial charge in [0.25, 0.3) is 0 Å². The second-order valence-electron chi connectivity index (χ2n) is 7.11. The van der Waals surface area contributed by atoms with E-state index in [4.69, 9.17) is 14.2 Å². The average Bonchev–Trinajstić information content (AvgIpc) is 2.85. The molecule has 4 rings (SSSR count). The van der Waals surface area contributed by atoms with Crippen molar-refractivity contribution in [2.45, 2.75) is 0 Å². The van der Waals surface area contributed by atoms with Gasteiger partial charge in [0.05, 0.1) is 21.3 Å². The van der Waals surface area contributed by atoms with Gasteiger partial charge in [-0.25, -0.2) is 0 Å². The summed E-state index contributed by atoms with van der Waals surface area (Å²) in [5.74, 6) is 15.1. The monoisotopic (exact) mass is 418 g/mol. The Hall–Kier alpha value is -4.34. The molecular formula is C29H22O3. The van der Waals surface area contributed by atoms with Crippen LogP contribution in [0.25, 0.3) is 10.8 Å². The number of hydrogen-bond donors (Lipinski definition) is 0. The van der Waals surface area contributed by atoms with Crippen molar-refractivity contribution < 1.29 is 14.2 Å². The minimum atomic E-state index is 0.717. The molecule has 0 unspecified atom stereocenters. The number of hydrogen-bond acceptors (Lipinski definition) is 3. The lowest BCUT2D eigenvalue weighted by Crippen LogP contribution is -1.88. The predicted octanol–water partition coefficient (Wildman–Crippen LogP) is 5.67. The van der Waals surface area contributed by atoms with E-state index in [2.05, 4.69) is 47.9 Å². The van der Waals surface area contributed by atoms with E-state index < -0.39 is 0 Å². The molecule has 0 aromatic heterocycles. The highest BCUT2D eigenvalue weighted by Gasteiger charge is 2.00. The zero-order valence-electron chi connectivity index (χ0n) is 18.2. The molecule has 0 spiro atoms. The van der Waals surface area contributed by atoms with Crippen LogP contribution in [0.15, 0.2) is 78.9 Å². The van der Waals surface area contributed by atoms with E-state index in [1.54, 1.807) is 21.3 Å². The maximum Gasteiger partial charge on any atom is 0.123 e. The lowest BCUT2D eigenvalue weighted by Gasteiger charge is -2.04. The third-order valence-corrected chi connectivity index (χ3v) is 4.96. The van der Waals surface area contributed by atoms with Gasteiger partial charge in [0.2, 0.25) is 0 Å². The summed E-state index contributed by atoms with van der Waals surface area (Å²) in [6.07, 6.45) is 0. The highest BCUT2D eigenvalue weighted by Crippen LogP contribution is 2.22. The highest BCUT2D eigenvalue weighted by molar-refractivity contribution is 5.85. The third kappa shape index (κ3) is 5.04. The van der Waals surface area contributed by atoms with Gasteiger partial charge >= 0.3 is 0 Å². The summed E-state index contributed by atoms with van der Waals surface area (Å²) in [5.41, 5.74) is 3.66. The molecule has 3 nitrogen and oxygen atoms in total. The van der Waals surface area contributed by atoms with Crippen molar-refractivity contribution in [1.82, 2.24) is 0 Å². The van der Waals surface area contributed by atoms with E-state index in [1.807, 2.05) is 54.6 Å². The van der Waals surface area contributed by atoms with E-state index in [9.17, 15) is 0 Å². The number of ether oxygens (including phenoxy) is 3. The van der Waals surface area contributed by atoms with Gasteiger partial charge in [-0.1, -0.05) is 41.9 Å². The van der Waals surface area contributed by atoms with E-state index in [0.29, 0.717) is 0 Å². The van der Waals surface area contributed by atoms with Crippen LogP contribution in [0.2, 0.25) is 0 Å². The van der Waals surface area contributed by atoms with E-state index in [-0.39, 0.29) is 0 Å². The van der Waals surface area contributed by atoms with Crippen LogP contribution in [0.1, 0.15) is 22.3 Å². The lowest BCUT2D eigenvalue weighted by atomic mass is 10.0. The Morgan fingerprint density at radius 3 is 1.44 bits per heavy atom. The topological polar surface area (TPSA) is 27.7 Å². The van der Waals surface area contributed by atoms with Crippen molar-refractivity contribution in [2.24, 2.45) is 0 Å². The Balaban J connectivity index is 1.58. The molecule has 0 fully saturated rings. The van der Waals surface area contributed by atoms with Gasteiger partial charge in [-0.05, 0) is 65.4 Å². The van der Waals surface area contributed by atoms with Crippen LogP contribution in [-0.4, -0.2) is 21.3 Å².